The summed E-state index contributed by atoms with van der Waals surface area (Å²) >= 11 is 0. The van der Waals surface area contributed by atoms with Gasteiger partial charge in [0.1, 0.15) is 11.4 Å². The highest BCUT2D eigenvalue weighted by Crippen LogP contribution is 2.29. The maximum absolute atomic E-state index is 13.2. The van der Waals surface area contributed by atoms with E-state index in [0.717, 1.165) is 22.3 Å². The molecule has 0 unspecified atom stereocenters. The second-order valence-electron chi connectivity index (χ2n) is 6.15. The first-order valence-electron chi connectivity index (χ1n) is 8.33. The molecule has 3 aromatic rings. The van der Waals surface area contributed by atoms with Crippen molar-refractivity contribution in [1.29, 1.82) is 0 Å². The molecule has 2 aromatic carbocycles. The van der Waals surface area contributed by atoms with E-state index in [1.165, 1.54) is 24.3 Å². The van der Waals surface area contributed by atoms with Crippen LogP contribution in [0, 0.1) is 5.82 Å². The van der Waals surface area contributed by atoms with Crippen LogP contribution in [-0.2, 0) is 4.79 Å². The Morgan fingerprint density at radius 2 is 1.68 bits per heavy atom. The zero-order chi connectivity index (χ0) is 19.8. The summed E-state index contributed by atoms with van der Waals surface area (Å²) in [7, 11) is 0. The highest BCUT2D eigenvalue weighted by molar-refractivity contribution is 6.33. The second kappa shape index (κ2) is 6.62. The Morgan fingerprint density at radius 1 is 0.964 bits per heavy atom. The first kappa shape index (κ1) is 17.4. The van der Waals surface area contributed by atoms with Gasteiger partial charge < -0.3 is 5.11 Å². The van der Waals surface area contributed by atoms with Crippen molar-refractivity contribution in [2.75, 3.05) is 0 Å². The van der Waals surface area contributed by atoms with Crippen molar-refractivity contribution < 1.29 is 14.3 Å². The molecule has 1 aromatic heterocycles. The van der Waals surface area contributed by atoms with Crippen LogP contribution in [0.4, 0.5) is 4.39 Å². The molecule has 0 radical (unpaired) electrons. The van der Waals surface area contributed by atoms with Gasteiger partial charge in [0.25, 0.3) is 5.56 Å². The first-order valence-corrected chi connectivity index (χ1v) is 8.33. The molecule has 1 aliphatic rings. The Labute approximate surface area is 157 Å². The van der Waals surface area contributed by atoms with Crippen LogP contribution in [0.3, 0.4) is 0 Å². The maximum Gasteiger partial charge on any atom is 0.335 e. The van der Waals surface area contributed by atoms with E-state index in [1.54, 1.807) is 18.2 Å². The molecule has 0 aliphatic heterocycles. The van der Waals surface area contributed by atoms with Crippen LogP contribution in [0.2, 0.25) is 0 Å². The molecule has 0 saturated heterocycles. The lowest BCUT2D eigenvalue weighted by molar-refractivity contribution is -0.109. The number of nitrogens with one attached hydrogen (secondary N) is 1. The van der Waals surface area contributed by atoms with E-state index in [2.05, 4.69) is 4.98 Å². The van der Waals surface area contributed by atoms with Crippen LogP contribution in [0.25, 0.3) is 23.4 Å². The first-order chi connectivity index (χ1) is 13.5. The number of H-pyrrole nitrogens is 1. The van der Waals surface area contributed by atoms with Gasteiger partial charge in [0.2, 0.25) is 5.88 Å². The molecule has 7 heteroatoms. The molecule has 0 bridgehead atoms. The molecule has 1 heterocycles. The van der Waals surface area contributed by atoms with Gasteiger partial charge in [-0.25, -0.2) is 13.8 Å². The molecule has 0 spiro atoms. The van der Waals surface area contributed by atoms with E-state index in [9.17, 15) is 23.9 Å². The number of hydrogen-bond acceptors (Lipinski definition) is 4. The molecular formula is C21H13FN2O4. The number of benzene rings is 2. The predicted octanol–water partition coefficient (Wildman–Crippen LogP) is 2.51. The SMILES string of the molecule is O=C1C=Cc2ccccc2C1=Cc1c(O)n(-c2ccc(F)cc2)c(=O)[nH]c1=O. The van der Waals surface area contributed by atoms with E-state index in [0.29, 0.717) is 5.56 Å². The van der Waals surface area contributed by atoms with Gasteiger partial charge in [0.05, 0.1) is 5.69 Å². The third-order valence-electron chi connectivity index (χ3n) is 4.43. The quantitative estimate of drug-likeness (QED) is 0.672. The maximum atomic E-state index is 13.2. The largest absolute Gasteiger partial charge is 0.494 e. The molecule has 2 N–H and O–H groups in total. The average Bonchev–Trinajstić information content (AvgIpc) is 2.68. The van der Waals surface area contributed by atoms with Crippen LogP contribution >= 0.6 is 0 Å². The van der Waals surface area contributed by atoms with Crippen molar-refractivity contribution >= 4 is 23.5 Å². The van der Waals surface area contributed by atoms with E-state index < -0.39 is 22.9 Å². The molecule has 0 amide bonds. The zero-order valence-corrected chi connectivity index (χ0v) is 14.3. The number of carbonyl (C=O) groups is 1. The molecule has 6 nitrogen and oxygen atoms in total. The summed E-state index contributed by atoms with van der Waals surface area (Å²) in [6, 6.07) is 11.9. The van der Waals surface area contributed by atoms with Crippen LogP contribution in [-0.4, -0.2) is 20.4 Å². The van der Waals surface area contributed by atoms with Gasteiger partial charge >= 0.3 is 5.69 Å². The Kier molecular flexibility index (Phi) is 4.12. The Balaban J connectivity index is 1.96. The zero-order valence-electron chi connectivity index (χ0n) is 14.3. The number of carbonyl (C=O) groups excluding carboxylic acids is 1. The van der Waals surface area contributed by atoms with E-state index in [4.69, 9.17) is 0 Å². The monoisotopic (exact) mass is 376 g/mol. The Hall–Kier alpha value is -4.00. The van der Waals surface area contributed by atoms with Gasteiger partial charge in [0.15, 0.2) is 5.78 Å². The topological polar surface area (TPSA) is 92.2 Å². The molecule has 4 rings (SSSR count). The number of aromatic amines is 1. The molecule has 28 heavy (non-hydrogen) atoms. The smallest absolute Gasteiger partial charge is 0.335 e. The summed E-state index contributed by atoms with van der Waals surface area (Å²) < 4.78 is 14.0. The standard InChI is InChI=1S/C21H13FN2O4/c22-13-6-8-14(9-7-13)24-20(27)17(19(26)23-21(24)28)11-16-15-4-2-1-3-12(15)5-10-18(16)25/h1-11,27H,(H,23,26,28). The van der Waals surface area contributed by atoms with Crippen molar-refractivity contribution in [2.45, 2.75) is 0 Å². The van der Waals surface area contributed by atoms with Crippen LogP contribution in [0.5, 0.6) is 5.88 Å². The molecule has 1 aliphatic carbocycles. The second-order valence-corrected chi connectivity index (χ2v) is 6.15. The fraction of sp³-hybridized carbons (Fsp3) is 0. The lowest BCUT2D eigenvalue weighted by Gasteiger charge is -2.14. The summed E-state index contributed by atoms with van der Waals surface area (Å²) in [5.74, 6) is -1.50. The van der Waals surface area contributed by atoms with Crippen molar-refractivity contribution in [3.05, 3.63) is 98.0 Å². The minimum Gasteiger partial charge on any atom is -0.494 e. The number of halogens is 1. The summed E-state index contributed by atoms with van der Waals surface area (Å²) in [5, 5.41) is 10.6. The van der Waals surface area contributed by atoms with Crippen molar-refractivity contribution in [3.8, 4) is 11.6 Å². The van der Waals surface area contributed by atoms with Gasteiger partial charge in [-0.3, -0.25) is 14.6 Å². The lowest BCUT2D eigenvalue weighted by Crippen LogP contribution is -2.30. The van der Waals surface area contributed by atoms with E-state index >= 15 is 0 Å². The fourth-order valence-electron chi connectivity index (χ4n) is 3.07. The molecule has 0 saturated carbocycles. The van der Waals surface area contributed by atoms with E-state index in [-0.39, 0.29) is 22.6 Å². The number of fused-ring (bicyclic) bond motifs is 1. The van der Waals surface area contributed by atoms with Crippen LogP contribution in [0.1, 0.15) is 16.7 Å². The van der Waals surface area contributed by atoms with Gasteiger partial charge in [0, 0.05) is 5.57 Å². The fourth-order valence-corrected chi connectivity index (χ4v) is 3.07. The Bertz CT molecular complexity index is 1280. The molecule has 0 fully saturated rings. The van der Waals surface area contributed by atoms with Gasteiger partial charge in [-0.2, -0.15) is 0 Å². The highest BCUT2D eigenvalue weighted by Gasteiger charge is 2.20. The van der Waals surface area contributed by atoms with E-state index in [1.807, 2.05) is 12.1 Å². The van der Waals surface area contributed by atoms with Crippen molar-refractivity contribution in [2.24, 2.45) is 0 Å². The summed E-state index contributed by atoms with van der Waals surface area (Å²) in [6.45, 7) is 0. The summed E-state index contributed by atoms with van der Waals surface area (Å²) in [4.78, 5) is 39.0. The minimum absolute atomic E-state index is 0.162. The van der Waals surface area contributed by atoms with Gasteiger partial charge in [-0.05, 0) is 47.5 Å². The highest BCUT2D eigenvalue weighted by atomic mass is 19.1. The summed E-state index contributed by atoms with van der Waals surface area (Å²) in [6.07, 6.45) is 4.28. The van der Waals surface area contributed by atoms with Crippen LogP contribution in [0.15, 0.2) is 64.2 Å². The van der Waals surface area contributed by atoms with Gasteiger partial charge in [-0.15, -0.1) is 0 Å². The lowest BCUT2D eigenvalue weighted by atomic mass is 9.90. The summed E-state index contributed by atoms with van der Waals surface area (Å²) in [5.41, 5.74) is -0.208. The number of rotatable bonds is 2. The van der Waals surface area contributed by atoms with Crippen molar-refractivity contribution in [3.63, 3.8) is 0 Å². The number of aromatic hydroxyl groups is 1. The van der Waals surface area contributed by atoms with Crippen molar-refractivity contribution in [1.82, 2.24) is 9.55 Å². The molecule has 0 atom stereocenters. The normalized spacial score (nSPS) is 14.3. The number of aromatic nitrogens is 2. The third kappa shape index (κ3) is 2.88. The Morgan fingerprint density at radius 3 is 2.43 bits per heavy atom. The van der Waals surface area contributed by atoms with Crippen LogP contribution < -0.4 is 11.2 Å². The number of allylic oxidation sites excluding steroid dienone is 2. The molecular weight excluding hydrogens is 363 g/mol. The predicted molar refractivity (Wildman–Crippen MR) is 103 cm³/mol. The van der Waals surface area contributed by atoms with Gasteiger partial charge in [-0.1, -0.05) is 30.3 Å². The minimum atomic E-state index is -0.883. The number of nitrogens with zero attached hydrogens (tertiary/aromatic N) is 1. The number of hydrogen-bond donors (Lipinski definition) is 2. The third-order valence-corrected chi connectivity index (χ3v) is 4.43. The number of ketones is 1. The molecule has 138 valence electrons. The average molecular weight is 376 g/mol.